The number of Topliss-reactive ketones (excluding diaryl/α,β-unsaturated/α-hetero) is 1. The Morgan fingerprint density at radius 2 is 2.00 bits per heavy atom. The van der Waals surface area contributed by atoms with Crippen molar-refractivity contribution in [3.63, 3.8) is 0 Å². The van der Waals surface area contributed by atoms with Gasteiger partial charge in [0, 0.05) is 23.6 Å². The van der Waals surface area contributed by atoms with Gasteiger partial charge in [0.2, 0.25) is 0 Å². The predicted molar refractivity (Wildman–Crippen MR) is 74.1 cm³/mol. The molecule has 0 aliphatic carbocycles. The second kappa shape index (κ2) is 4.69. The monoisotopic (exact) mass is 251 g/mol. The fraction of sp³-hybridized carbons (Fsp3) is 0.125. The molecule has 0 atom stereocenters. The molecule has 0 aliphatic rings. The molecule has 94 valence electrons. The molecule has 19 heavy (non-hydrogen) atoms. The minimum absolute atomic E-state index is 0.0134. The van der Waals surface area contributed by atoms with Gasteiger partial charge in [0.1, 0.15) is 5.76 Å². The zero-order chi connectivity index (χ0) is 13.2. The third-order valence-corrected chi connectivity index (χ3v) is 3.10. The summed E-state index contributed by atoms with van der Waals surface area (Å²) in [6.07, 6.45) is 2.20. The summed E-state index contributed by atoms with van der Waals surface area (Å²) in [5, 5.41) is 1.06. The van der Waals surface area contributed by atoms with Gasteiger partial charge in [-0.05, 0) is 24.3 Å². The molecular weight excluding hydrogens is 238 g/mol. The van der Waals surface area contributed by atoms with Gasteiger partial charge < -0.3 is 4.42 Å². The number of nitrogens with zero attached hydrogens (tertiary/aromatic N) is 1. The molecule has 3 aromatic rings. The van der Waals surface area contributed by atoms with Crippen molar-refractivity contribution in [2.45, 2.75) is 13.3 Å². The van der Waals surface area contributed by atoms with E-state index < -0.39 is 0 Å². The van der Waals surface area contributed by atoms with Crippen molar-refractivity contribution in [1.82, 2.24) is 4.98 Å². The van der Waals surface area contributed by atoms with E-state index in [1.54, 1.807) is 12.3 Å². The highest BCUT2D eigenvalue weighted by molar-refractivity contribution is 5.95. The normalized spacial score (nSPS) is 10.8. The summed E-state index contributed by atoms with van der Waals surface area (Å²) in [5.41, 5.74) is 1.79. The van der Waals surface area contributed by atoms with Gasteiger partial charge in [-0.1, -0.05) is 25.1 Å². The van der Waals surface area contributed by atoms with E-state index in [4.69, 9.17) is 4.42 Å². The van der Waals surface area contributed by atoms with Crippen molar-refractivity contribution >= 4 is 16.7 Å². The maximum absolute atomic E-state index is 11.6. The summed E-state index contributed by atoms with van der Waals surface area (Å²) >= 11 is 0. The van der Waals surface area contributed by atoms with E-state index in [0.717, 1.165) is 16.5 Å². The molecule has 2 aromatic heterocycles. The Hall–Kier alpha value is -2.42. The Balaban J connectivity index is 2.14. The lowest BCUT2D eigenvalue weighted by molar-refractivity contribution is 0.0962. The van der Waals surface area contributed by atoms with E-state index in [1.807, 2.05) is 43.3 Å². The Bertz CT molecular complexity index is 738. The molecular formula is C16H13NO2. The van der Waals surface area contributed by atoms with E-state index in [-0.39, 0.29) is 5.78 Å². The van der Waals surface area contributed by atoms with Crippen LogP contribution >= 0.6 is 0 Å². The molecule has 0 spiro atoms. The van der Waals surface area contributed by atoms with Crippen LogP contribution in [0.3, 0.4) is 0 Å². The number of para-hydroxylation sites is 1. The van der Waals surface area contributed by atoms with Crippen molar-refractivity contribution in [2.75, 3.05) is 0 Å². The smallest absolute Gasteiger partial charge is 0.197 e. The number of carbonyl (C=O) groups is 1. The fourth-order valence-electron chi connectivity index (χ4n) is 2.11. The summed E-state index contributed by atoms with van der Waals surface area (Å²) in [5.74, 6) is 1.10. The van der Waals surface area contributed by atoms with Crippen LogP contribution in [0.2, 0.25) is 0 Å². The quantitative estimate of drug-likeness (QED) is 0.658. The van der Waals surface area contributed by atoms with Crippen molar-refractivity contribution in [2.24, 2.45) is 0 Å². The summed E-state index contributed by atoms with van der Waals surface area (Å²) in [7, 11) is 0. The standard InChI is InChI=1S/C16H13NO2/c1-2-13(18)15-9-8-14(19-15)12-7-3-5-11-6-4-10-17-16(11)12/h3-10H,2H2,1H3. The highest BCUT2D eigenvalue weighted by Gasteiger charge is 2.12. The molecule has 0 fully saturated rings. The maximum Gasteiger partial charge on any atom is 0.197 e. The lowest BCUT2D eigenvalue weighted by Crippen LogP contribution is -1.92. The number of hydrogen-bond donors (Lipinski definition) is 0. The molecule has 3 rings (SSSR count). The molecule has 0 amide bonds. The average Bonchev–Trinajstić information content (AvgIpc) is 2.95. The Kier molecular flexibility index (Phi) is 2.88. The maximum atomic E-state index is 11.6. The van der Waals surface area contributed by atoms with E-state index in [2.05, 4.69) is 4.98 Å². The fourth-order valence-corrected chi connectivity index (χ4v) is 2.11. The molecule has 0 unspecified atom stereocenters. The third-order valence-electron chi connectivity index (χ3n) is 3.10. The Morgan fingerprint density at radius 3 is 2.84 bits per heavy atom. The highest BCUT2D eigenvalue weighted by Crippen LogP contribution is 2.28. The van der Waals surface area contributed by atoms with E-state index >= 15 is 0 Å². The number of fused-ring (bicyclic) bond motifs is 1. The van der Waals surface area contributed by atoms with Crippen molar-refractivity contribution in [1.29, 1.82) is 0 Å². The van der Waals surface area contributed by atoms with Crippen LogP contribution in [0.15, 0.2) is 53.1 Å². The predicted octanol–water partition coefficient (Wildman–Crippen LogP) is 4.09. The first-order valence-electron chi connectivity index (χ1n) is 6.26. The van der Waals surface area contributed by atoms with Gasteiger partial charge in [0.05, 0.1) is 5.52 Å². The van der Waals surface area contributed by atoms with Crippen molar-refractivity contribution in [3.8, 4) is 11.3 Å². The lowest BCUT2D eigenvalue weighted by Gasteiger charge is -2.02. The van der Waals surface area contributed by atoms with Crippen LogP contribution in [-0.2, 0) is 0 Å². The zero-order valence-electron chi connectivity index (χ0n) is 10.6. The van der Waals surface area contributed by atoms with Crippen molar-refractivity contribution in [3.05, 3.63) is 54.4 Å². The second-order valence-electron chi connectivity index (χ2n) is 4.32. The van der Waals surface area contributed by atoms with E-state index in [1.165, 1.54) is 0 Å². The van der Waals surface area contributed by atoms with Gasteiger partial charge in [-0.25, -0.2) is 0 Å². The molecule has 3 nitrogen and oxygen atoms in total. The molecule has 1 aromatic carbocycles. The minimum atomic E-state index is 0.0134. The van der Waals surface area contributed by atoms with Gasteiger partial charge >= 0.3 is 0 Å². The first-order valence-corrected chi connectivity index (χ1v) is 6.26. The Labute approximate surface area is 110 Å². The van der Waals surface area contributed by atoms with Crippen LogP contribution < -0.4 is 0 Å². The van der Waals surface area contributed by atoms with Gasteiger partial charge in [0.15, 0.2) is 11.5 Å². The Morgan fingerprint density at radius 1 is 1.16 bits per heavy atom. The molecule has 0 bridgehead atoms. The van der Waals surface area contributed by atoms with Gasteiger partial charge in [-0.2, -0.15) is 0 Å². The van der Waals surface area contributed by atoms with Gasteiger partial charge in [-0.3, -0.25) is 9.78 Å². The first-order chi connectivity index (χ1) is 9.29. The number of pyridine rings is 1. The molecule has 2 heterocycles. The minimum Gasteiger partial charge on any atom is -0.453 e. The second-order valence-corrected chi connectivity index (χ2v) is 4.32. The van der Waals surface area contributed by atoms with Crippen LogP contribution in [0.25, 0.3) is 22.2 Å². The van der Waals surface area contributed by atoms with E-state index in [0.29, 0.717) is 17.9 Å². The third kappa shape index (κ3) is 2.03. The van der Waals surface area contributed by atoms with Gasteiger partial charge in [-0.15, -0.1) is 0 Å². The molecule has 3 heteroatoms. The number of ketones is 1. The zero-order valence-corrected chi connectivity index (χ0v) is 10.6. The first kappa shape index (κ1) is 11.7. The van der Waals surface area contributed by atoms with Crippen LogP contribution in [0.5, 0.6) is 0 Å². The number of furan rings is 1. The van der Waals surface area contributed by atoms with Gasteiger partial charge in [0.25, 0.3) is 0 Å². The summed E-state index contributed by atoms with van der Waals surface area (Å²) < 4.78 is 5.64. The van der Waals surface area contributed by atoms with Crippen LogP contribution in [0.4, 0.5) is 0 Å². The van der Waals surface area contributed by atoms with Crippen molar-refractivity contribution < 1.29 is 9.21 Å². The van der Waals surface area contributed by atoms with Crippen LogP contribution in [0, 0.1) is 0 Å². The molecule has 0 saturated heterocycles. The topological polar surface area (TPSA) is 43.1 Å². The number of aromatic nitrogens is 1. The lowest BCUT2D eigenvalue weighted by atomic mass is 10.1. The number of carbonyl (C=O) groups excluding carboxylic acids is 1. The molecule has 0 radical (unpaired) electrons. The average molecular weight is 251 g/mol. The van der Waals surface area contributed by atoms with Crippen LogP contribution in [-0.4, -0.2) is 10.8 Å². The molecule has 0 saturated carbocycles. The summed E-state index contributed by atoms with van der Waals surface area (Å²) in [6, 6.07) is 13.4. The van der Waals surface area contributed by atoms with E-state index in [9.17, 15) is 4.79 Å². The number of hydrogen-bond acceptors (Lipinski definition) is 3. The van der Waals surface area contributed by atoms with Crippen LogP contribution in [0.1, 0.15) is 23.9 Å². The highest BCUT2D eigenvalue weighted by atomic mass is 16.3. The summed E-state index contributed by atoms with van der Waals surface area (Å²) in [6.45, 7) is 1.82. The summed E-state index contributed by atoms with van der Waals surface area (Å²) in [4.78, 5) is 16.0. The number of rotatable bonds is 3. The molecule has 0 N–H and O–H groups in total. The largest absolute Gasteiger partial charge is 0.453 e. The number of benzene rings is 1. The SMILES string of the molecule is CCC(=O)c1ccc(-c2cccc3cccnc23)o1. The molecule has 0 aliphatic heterocycles.